The number of hydrogen-bond acceptors (Lipinski definition) is 3. The van der Waals surface area contributed by atoms with Gasteiger partial charge in [0.15, 0.2) is 0 Å². The smallest absolute Gasteiger partial charge is 0.342 e. The summed E-state index contributed by atoms with van der Waals surface area (Å²) in [7, 11) is 0. The van der Waals surface area contributed by atoms with Gasteiger partial charge >= 0.3 is 11.9 Å². The van der Waals surface area contributed by atoms with Gasteiger partial charge in [0, 0.05) is 0 Å². The molecule has 3 heteroatoms. The second kappa shape index (κ2) is 2.55. The van der Waals surface area contributed by atoms with Gasteiger partial charge in [-0.05, 0) is 26.3 Å². The van der Waals surface area contributed by atoms with E-state index in [0.717, 1.165) is 11.1 Å². The normalized spacial score (nSPS) is 27.2. The Hall–Kier alpha value is -1.38. The van der Waals surface area contributed by atoms with E-state index in [4.69, 9.17) is 0 Å². The largest absolute Gasteiger partial charge is 0.389 e. The quantitative estimate of drug-likeness (QED) is 0.415. The summed E-state index contributed by atoms with van der Waals surface area (Å²) >= 11 is 0. The van der Waals surface area contributed by atoms with Crippen molar-refractivity contribution in [3.05, 3.63) is 22.8 Å². The molecular formula is C10H10O3. The lowest BCUT2D eigenvalue weighted by Crippen LogP contribution is -2.13. The van der Waals surface area contributed by atoms with E-state index in [-0.39, 0.29) is 5.92 Å². The number of carbonyl (C=O) groups is 2. The average molecular weight is 178 g/mol. The van der Waals surface area contributed by atoms with Crippen molar-refractivity contribution in [2.45, 2.75) is 20.3 Å². The molecule has 1 heterocycles. The van der Waals surface area contributed by atoms with Gasteiger partial charge in [0.25, 0.3) is 0 Å². The molecule has 1 saturated heterocycles. The van der Waals surface area contributed by atoms with E-state index in [1.807, 2.05) is 13.8 Å². The van der Waals surface area contributed by atoms with E-state index in [0.29, 0.717) is 12.0 Å². The molecule has 0 radical (unpaired) electrons. The van der Waals surface area contributed by atoms with Gasteiger partial charge in [-0.1, -0.05) is 11.1 Å². The molecule has 0 N–H and O–H groups in total. The highest BCUT2D eigenvalue weighted by atomic mass is 16.6. The Bertz CT molecular complexity index is 360. The van der Waals surface area contributed by atoms with Crippen LogP contribution in [0.2, 0.25) is 0 Å². The van der Waals surface area contributed by atoms with Crippen LogP contribution in [0, 0.1) is 5.92 Å². The number of ether oxygens (including phenoxy) is 1. The number of hydrogen-bond donors (Lipinski definition) is 0. The third-order valence-corrected chi connectivity index (χ3v) is 2.64. The third-order valence-electron chi connectivity index (χ3n) is 2.64. The van der Waals surface area contributed by atoms with E-state index < -0.39 is 11.9 Å². The van der Waals surface area contributed by atoms with Gasteiger partial charge in [0.05, 0.1) is 11.5 Å². The van der Waals surface area contributed by atoms with Gasteiger partial charge in [-0.2, -0.15) is 0 Å². The molecule has 0 spiro atoms. The summed E-state index contributed by atoms with van der Waals surface area (Å²) in [4.78, 5) is 22.3. The van der Waals surface area contributed by atoms with Gasteiger partial charge in [-0.25, -0.2) is 4.79 Å². The van der Waals surface area contributed by atoms with Crippen LogP contribution in [0.3, 0.4) is 0 Å². The highest BCUT2D eigenvalue weighted by molar-refractivity contribution is 6.08. The van der Waals surface area contributed by atoms with Crippen LogP contribution in [-0.4, -0.2) is 11.9 Å². The number of fused-ring (bicyclic) bond motifs is 1. The molecule has 0 aromatic carbocycles. The minimum atomic E-state index is -0.471. The zero-order valence-corrected chi connectivity index (χ0v) is 7.59. The standard InChI is InChI=1S/C10H10O3/c1-5-3-7-8(4-6(5)2)10(12)13-9(7)11/h3,8H,4H2,1-2H3. The van der Waals surface area contributed by atoms with Crippen molar-refractivity contribution in [2.24, 2.45) is 5.92 Å². The van der Waals surface area contributed by atoms with Crippen molar-refractivity contribution in [1.82, 2.24) is 0 Å². The molecule has 1 atom stereocenters. The molecule has 0 aromatic heterocycles. The van der Waals surface area contributed by atoms with E-state index in [1.54, 1.807) is 6.08 Å². The lowest BCUT2D eigenvalue weighted by atomic mass is 9.86. The maximum Gasteiger partial charge on any atom is 0.342 e. The number of esters is 2. The summed E-state index contributed by atoms with van der Waals surface area (Å²) in [5, 5.41) is 0. The van der Waals surface area contributed by atoms with Crippen molar-refractivity contribution in [2.75, 3.05) is 0 Å². The van der Waals surface area contributed by atoms with E-state index in [2.05, 4.69) is 4.74 Å². The summed E-state index contributed by atoms with van der Waals surface area (Å²) in [6.07, 6.45) is 2.39. The van der Waals surface area contributed by atoms with Crippen molar-refractivity contribution in [3.8, 4) is 0 Å². The lowest BCUT2D eigenvalue weighted by Gasteiger charge is -2.14. The first kappa shape index (κ1) is 8.23. The summed E-state index contributed by atoms with van der Waals surface area (Å²) in [5.41, 5.74) is 2.74. The van der Waals surface area contributed by atoms with Gasteiger partial charge in [0.2, 0.25) is 0 Å². The molecule has 0 saturated carbocycles. The Morgan fingerprint density at radius 2 is 2.08 bits per heavy atom. The van der Waals surface area contributed by atoms with E-state index >= 15 is 0 Å². The molecular weight excluding hydrogens is 168 g/mol. The molecule has 0 bridgehead atoms. The van der Waals surface area contributed by atoms with Crippen LogP contribution < -0.4 is 0 Å². The Kier molecular flexibility index (Phi) is 1.62. The Labute approximate surface area is 76.1 Å². The maximum atomic E-state index is 11.2. The summed E-state index contributed by atoms with van der Waals surface area (Å²) in [6.45, 7) is 3.91. The third kappa shape index (κ3) is 1.11. The Balaban J connectivity index is 2.45. The van der Waals surface area contributed by atoms with Crippen molar-refractivity contribution in [3.63, 3.8) is 0 Å². The summed E-state index contributed by atoms with van der Waals surface area (Å²) in [5.74, 6) is -1.21. The first-order valence-electron chi connectivity index (χ1n) is 4.23. The minimum Gasteiger partial charge on any atom is -0.389 e. The van der Waals surface area contributed by atoms with Crippen molar-refractivity contribution >= 4 is 11.9 Å². The second-order valence-electron chi connectivity index (χ2n) is 3.53. The molecule has 3 nitrogen and oxygen atoms in total. The monoisotopic (exact) mass is 178 g/mol. The number of allylic oxidation sites excluding steroid dienone is 3. The molecule has 1 unspecified atom stereocenters. The molecule has 68 valence electrons. The zero-order valence-electron chi connectivity index (χ0n) is 7.59. The maximum absolute atomic E-state index is 11.2. The minimum absolute atomic E-state index is 0.337. The van der Waals surface area contributed by atoms with Crippen molar-refractivity contribution in [1.29, 1.82) is 0 Å². The van der Waals surface area contributed by atoms with Crippen LogP contribution in [0.1, 0.15) is 20.3 Å². The molecule has 2 rings (SSSR count). The Morgan fingerprint density at radius 3 is 2.77 bits per heavy atom. The van der Waals surface area contributed by atoms with E-state index in [9.17, 15) is 9.59 Å². The fourth-order valence-corrected chi connectivity index (χ4v) is 1.67. The fraction of sp³-hybridized carbons (Fsp3) is 0.400. The highest BCUT2D eigenvalue weighted by Gasteiger charge is 2.40. The number of cyclic esters (lactones) is 2. The lowest BCUT2D eigenvalue weighted by molar-refractivity contribution is -0.152. The number of rotatable bonds is 0. The van der Waals surface area contributed by atoms with Crippen LogP contribution in [0.25, 0.3) is 0 Å². The fourth-order valence-electron chi connectivity index (χ4n) is 1.67. The van der Waals surface area contributed by atoms with Crippen LogP contribution in [0.4, 0.5) is 0 Å². The molecule has 1 fully saturated rings. The molecule has 1 aliphatic heterocycles. The summed E-state index contributed by atoms with van der Waals surface area (Å²) < 4.78 is 4.53. The van der Waals surface area contributed by atoms with Gasteiger partial charge in [0.1, 0.15) is 0 Å². The van der Waals surface area contributed by atoms with Crippen LogP contribution >= 0.6 is 0 Å². The zero-order chi connectivity index (χ0) is 9.59. The first-order chi connectivity index (χ1) is 6.09. The van der Waals surface area contributed by atoms with Crippen LogP contribution in [0.5, 0.6) is 0 Å². The predicted molar refractivity (Wildman–Crippen MR) is 45.7 cm³/mol. The van der Waals surface area contributed by atoms with Gasteiger partial charge in [-0.15, -0.1) is 0 Å². The highest BCUT2D eigenvalue weighted by Crippen LogP contribution is 2.34. The first-order valence-corrected chi connectivity index (χ1v) is 4.23. The molecule has 1 aliphatic carbocycles. The molecule has 2 aliphatic rings. The van der Waals surface area contributed by atoms with Crippen LogP contribution in [-0.2, 0) is 14.3 Å². The van der Waals surface area contributed by atoms with Gasteiger partial charge in [-0.3, -0.25) is 4.79 Å². The van der Waals surface area contributed by atoms with Crippen LogP contribution in [0.15, 0.2) is 22.8 Å². The topological polar surface area (TPSA) is 43.4 Å². The molecule has 13 heavy (non-hydrogen) atoms. The predicted octanol–water partition coefficient (Wildman–Crippen LogP) is 1.35. The molecule has 0 amide bonds. The second-order valence-corrected chi connectivity index (χ2v) is 3.53. The van der Waals surface area contributed by atoms with Crippen molar-refractivity contribution < 1.29 is 14.3 Å². The SMILES string of the molecule is CC1=C(C)CC2C(=O)OC(=O)C2=C1. The molecule has 0 aromatic rings. The average Bonchev–Trinajstić information content (AvgIpc) is 2.31. The number of carbonyl (C=O) groups excluding carboxylic acids is 2. The Morgan fingerprint density at radius 1 is 1.38 bits per heavy atom. The summed E-state index contributed by atoms with van der Waals surface area (Å²) in [6, 6.07) is 0. The van der Waals surface area contributed by atoms with Gasteiger partial charge < -0.3 is 4.74 Å². The van der Waals surface area contributed by atoms with E-state index in [1.165, 1.54) is 0 Å².